The van der Waals surface area contributed by atoms with Crippen LogP contribution in [0.15, 0.2) is 36.4 Å². The van der Waals surface area contributed by atoms with E-state index in [2.05, 4.69) is 5.32 Å². The first-order chi connectivity index (χ1) is 11.4. The van der Waals surface area contributed by atoms with Crippen LogP contribution in [0.2, 0.25) is 0 Å². The van der Waals surface area contributed by atoms with E-state index in [0.29, 0.717) is 12.3 Å². The molecule has 0 unspecified atom stereocenters. The number of rotatable bonds is 5. The number of carbonyl (C=O) groups excluding carboxylic acids is 1. The summed E-state index contributed by atoms with van der Waals surface area (Å²) in [4.78, 5) is 23.7. The van der Waals surface area contributed by atoms with Crippen LogP contribution in [-0.2, 0) is 16.1 Å². The van der Waals surface area contributed by atoms with Gasteiger partial charge in [0.05, 0.1) is 18.9 Å². The van der Waals surface area contributed by atoms with Gasteiger partial charge in [-0.2, -0.15) is 0 Å². The largest absolute Gasteiger partial charge is 0.496 e. The topological polar surface area (TPSA) is 75.6 Å². The Morgan fingerprint density at radius 1 is 1.17 bits per heavy atom. The molecule has 0 heterocycles. The molecule has 2 atom stereocenters. The van der Waals surface area contributed by atoms with Crippen molar-refractivity contribution in [3.63, 3.8) is 0 Å². The summed E-state index contributed by atoms with van der Waals surface area (Å²) in [5.41, 5.74) is 0.396. The van der Waals surface area contributed by atoms with Crippen LogP contribution >= 0.6 is 0 Å². The summed E-state index contributed by atoms with van der Waals surface area (Å²) < 4.78 is 5.42. The number of methoxy groups -OCH3 is 1. The number of carbonyl (C=O) groups is 2. The normalized spacial score (nSPS) is 21.3. The highest BCUT2D eigenvalue weighted by molar-refractivity contribution is 5.92. The SMILES string of the molecule is COc1ccc2ccccc2c1CNC(=O)[C@H]1[C@@H](C(=O)O)C1(C)C. The first kappa shape index (κ1) is 16.3. The van der Waals surface area contributed by atoms with Crippen molar-refractivity contribution in [3.05, 3.63) is 42.0 Å². The van der Waals surface area contributed by atoms with Gasteiger partial charge < -0.3 is 15.2 Å². The van der Waals surface area contributed by atoms with Crippen LogP contribution in [0.5, 0.6) is 5.75 Å². The lowest BCUT2D eigenvalue weighted by atomic mass is 10.0. The minimum Gasteiger partial charge on any atom is -0.496 e. The molecule has 3 rings (SSSR count). The van der Waals surface area contributed by atoms with Crippen molar-refractivity contribution >= 4 is 22.6 Å². The third kappa shape index (κ3) is 2.60. The van der Waals surface area contributed by atoms with Gasteiger partial charge in [-0.1, -0.05) is 44.2 Å². The van der Waals surface area contributed by atoms with Gasteiger partial charge in [-0.3, -0.25) is 9.59 Å². The molecule has 0 aromatic heterocycles. The minimum atomic E-state index is -0.914. The smallest absolute Gasteiger partial charge is 0.307 e. The highest BCUT2D eigenvalue weighted by Gasteiger charge is 2.65. The second-order valence-electron chi connectivity index (χ2n) is 6.80. The average Bonchev–Trinajstić information content (AvgIpc) is 3.15. The molecular formula is C19H21NO4. The maximum absolute atomic E-state index is 12.4. The first-order valence-corrected chi connectivity index (χ1v) is 7.93. The van der Waals surface area contributed by atoms with Crippen LogP contribution in [0, 0.1) is 17.3 Å². The van der Waals surface area contributed by atoms with E-state index in [1.54, 1.807) is 7.11 Å². The molecule has 0 saturated heterocycles. The molecule has 1 amide bonds. The van der Waals surface area contributed by atoms with Gasteiger partial charge >= 0.3 is 5.97 Å². The molecular weight excluding hydrogens is 306 g/mol. The fourth-order valence-electron chi connectivity index (χ4n) is 3.56. The molecule has 5 heteroatoms. The zero-order valence-electron chi connectivity index (χ0n) is 14.0. The van der Waals surface area contributed by atoms with Crippen molar-refractivity contribution in [2.75, 3.05) is 7.11 Å². The number of carboxylic acids is 1. The molecule has 1 fully saturated rings. The number of amides is 1. The monoisotopic (exact) mass is 327 g/mol. The van der Waals surface area contributed by atoms with E-state index in [0.717, 1.165) is 16.3 Å². The number of hydrogen-bond donors (Lipinski definition) is 2. The van der Waals surface area contributed by atoms with Crippen molar-refractivity contribution in [1.29, 1.82) is 0 Å². The maximum atomic E-state index is 12.4. The van der Waals surface area contributed by atoms with Crippen LogP contribution < -0.4 is 10.1 Å². The summed E-state index contributed by atoms with van der Waals surface area (Å²) in [5.74, 6) is -1.54. The Bertz CT molecular complexity index is 812. The van der Waals surface area contributed by atoms with Gasteiger partial charge in [0, 0.05) is 12.1 Å². The fraction of sp³-hybridized carbons (Fsp3) is 0.368. The summed E-state index contributed by atoms with van der Waals surface area (Å²) >= 11 is 0. The lowest BCUT2D eigenvalue weighted by Crippen LogP contribution is -2.27. The van der Waals surface area contributed by atoms with Gasteiger partial charge in [0.2, 0.25) is 5.91 Å². The van der Waals surface area contributed by atoms with E-state index >= 15 is 0 Å². The Morgan fingerprint density at radius 3 is 2.50 bits per heavy atom. The molecule has 0 radical (unpaired) electrons. The van der Waals surface area contributed by atoms with Crippen LogP contribution in [0.4, 0.5) is 0 Å². The van der Waals surface area contributed by atoms with Crippen molar-refractivity contribution in [2.45, 2.75) is 20.4 Å². The molecule has 2 aromatic rings. The standard InChI is InChI=1S/C19H21NO4/c1-19(2)15(16(19)18(22)23)17(21)20-10-13-12-7-5-4-6-11(12)8-9-14(13)24-3/h4-9,15-16H,10H2,1-3H3,(H,20,21)(H,22,23)/t15-,16+/m1/s1. The molecule has 1 saturated carbocycles. The number of hydrogen-bond acceptors (Lipinski definition) is 3. The number of fused-ring (bicyclic) bond motifs is 1. The molecule has 2 N–H and O–H groups in total. The predicted molar refractivity (Wildman–Crippen MR) is 90.7 cm³/mol. The molecule has 0 spiro atoms. The fourth-order valence-corrected chi connectivity index (χ4v) is 3.56. The number of carboxylic acid groups (broad SMARTS) is 1. The minimum absolute atomic E-state index is 0.220. The zero-order chi connectivity index (χ0) is 17.5. The van der Waals surface area contributed by atoms with E-state index in [1.165, 1.54) is 0 Å². The molecule has 126 valence electrons. The Morgan fingerprint density at radius 2 is 1.88 bits per heavy atom. The van der Waals surface area contributed by atoms with Crippen LogP contribution in [0.1, 0.15) is 19.4 Å². The van der Waals surface area contributed by atoms with Crippen molar-refractivity contribution < 1.29 is 19.4 Å². The van der Waals surface area contributed by atoms with Crippen LogP contribution in [0.3, 0.4) is 0 Å². The van der Waals surface area contributed by atoms with Crippen LogP contribution in [0.25, 0.3) is 10.8 Å². The molecule has 1 aliphatic rings. The highest BCUT2D eigenvalue weighted by Crippen LogP contribution is 2.58. The third-order valence-corrected chi connectivity index (χ3v) is 5.03. The summed E-state index contributed by atoms with van der Waals surface area (Å²) in [7, 11) is 1.60. The number of benzene rings is 2. The average molecular weight is 327 g/mol. The summed E-state index contributed by atoms with van der Waals surface area (Å²) in [6.07, 6.45) is 0. The number of ether oxygens (including phenoxy) is 1. The van der Waals surface area contributed by atoms with Crippen molar-refractivity contribution in [2.24, 2.45) is 17.3 Å². The second-order valence-corrected chi connectivity index (χ2v) is 6.80. The van der Waals surface area contributed by atoms with Gasteiger partial charge in [-0.15, -0.1) is 0 Å². The predicted octanol–water partition coefficient (Wildman–Crippen LogP) is 2.82. The highest BCUT2D eigenvalue weighted by atomic mass is 16.5. The van der Waals surface area contributed by atoms with Crippen molar-refractivity contribution in [1.82, 2.24) is 5.32 Å². The Kier molecular flexibility index (Phi) is 3.95. The van der Waals surface area contributed by atoms with Gasteiger partial charge in [-0.05, 0) is 22.3 Å². The quantitative estimate of drug-likeness (QED) is 0.885. The molecule has 0 bridgehead atoms. The summed E-state index contributed by atoms with van der Waals surface area (Å²) in [6, 6.07) is 11.7. The van der Waals surface area contributed by atoms with Gasteiger partial charge in [0.25, 0.3) is 0 Å². The van der Waals surface area contributed by atoms with Crippen LogP contribution in [-0.4, -0.2) is 24.1 Å². The number of nitrogens with one attached hydrogen (secondary N) is 1. The van der Waals surface area contributed by atoms with Crippen molar-refractivity contribution in [3.8, 4) is 5.75 Å². The van der Waals surface area contributed by atoms with E-state index in [-0.39, 0.29) is 5.91 Å². The molecule has 5 nitrogen and oxygen atoms in total. The Labute approximate surface area is 140 Å². The lowest BCUT2D eigenvalue weighted by Gasteiger charge is -2.13. The van der Waals surface area contributed by atoms with Gasteiger partial charge in [-0.25, -0.2) is 0 Å². The Balaban J connectivity index is 1.81. The molecule has 0 aliphatic heterocycles. The maximum Gasteiger partial charge on any atom is 0.307 e. The first-order valence-electron chi connectivity index (χ1n) is 7.93. The van der Waals surface area contributed by atoms with E-state index in [4.69, 9.17) is 4.74 Å². The molecule has 1 aliphatic carbocycles. The van der Waals surface area contributed by atoms with Gasteiger partial charge in [0.15, 0.2) is 0 Å². The second kappa shape index (κ2) is 5.82. The third-order valence-electron chi connectivity index (χ3n) is 5.03. The lowest BCUT2D eigenvalue weighted by molar-refractivity contribution is -0.140. The Hall–Kier alpha value is -2.56. The van der Waals surface area contributed by atoms with E-state index in [1.807, 2.05) is 50.2 Å². The summed E-state index contributed by atoms with van der Waals surface area (Å²) in [5, 5.41) is 14.2. The van der Waals surface area contributed by atoms with E-state index in [9.17, 15) is 14.7 Å². The number of aliphatic carboxylic acids is 1. The van der Waals surface area contributed by atoms with Gasteiger partial charge in [0.1, 0.15) is 5.75 Å². The summed E-state index contributed by atoms with van der Waals surface area (Å²) in [6.45, 7) is 3.94. The van der Waals surface area contributed by atoms with E-state index < -0.39 is 23.2 Å². The molecule has 2 aromatic carbocycles. The zero-order valence-corrected chi connectivity index (χ0v) is 14.0. The molecule has 24 heavy (non-hydrogen) atoms.